The molecule has 0 aliphatic carbocycles. The van der Waals surface area contributed by atoms with Crippen LogP contribution in [0.1, 0.15) is 90.9 Å². The van der Waals surface area contributed by atoms with Gasteiger partial charge in [0.2, 0.25) is 0 Å². The Morgan fingerprint density at radius 3 is 1.42 bits per heavy atom. The number of halogens is 2. The van der Waals surface area contributed by atoms with Crippen molar-refractivity contribution in [2.75, 3.05) is 11.8 Å². The lowest BCUT2D eigenvalue weighted by Gasteiger charge is -2.27. The van der Waals surface area contributed by atoms with Crippen molar-refractivity contribution in [3.05, 3.63) is 0 Å². The van der Waals surface area contributed by atoms with Crippen LogP contribution in [-0.4, -0.2) is 11.8 Å². The molecule has 0 aliphatic heterocycles. The van der Waals surface area contributed by atoms with Crippen molar-refractivity contribution in [3.8, 4) is 0 Å². The molecule has 2 heteroatoms. The normalized spacial score (nSPS) is 12.0. The summed E-state index contributed by atoms with van der Waals surface area (Å²) in [6.07, 6.45) is 16.2. The minimum Gasteiger partial charge on any atom is -0.126 e. The highest BCUT2D eigenvalue weighted by Gasteiger charge is 2.25. The third-order valence-corrected chi connectivity index (χ3v) is 5.51. The van der Waals surface area contributed by atoms with E-state index in [1.807, 2.05) is 0 Å². The lowest BCUT2D eigenvalue weighted by molar-refractivity contribution is 0.318. The Labute approximate surface area is 131 Å². The summed E-state index contributed by atoms with van der Waals surface area (Å²) in [7, 11) is 0. The molecule has 0 aromatic heterocycles. The Bertz CT molecular complexity index is 168. The van der Waals surface area contributed by atoms with Gasteiger partial charge in [-0.25, -0.2) is 0 Å². The van der Waals surface area contributed by atoms with E-state index in [-0.39, 0.29) is 5.41 Å². The first-order valence-electron chi connectivity index (χ1n) is 8.36. The average molecular weight is 309 g/mol. The van der Waals surface area contributed by atoms with Crippen LogP contribution in [0, 0.1) is 5.41 Å². The van der Waals surface area contributed by atoms with E-state index in [1.54, 1.807) is 0 Å². The molecule has 0 fully saturated rings. The lowest BCUT2D eigenvalue weighted by Crippen LogP contribution is -2.24. The molecular weight excluding hydrogens is 275 g/mol. The van der Waals surface area contributed by atoms with Gasteiger partial charge in [-0.2, -0.15) is 0 Å². The molecule has 0 rings (SSSR count). The van der Waals surface area contributed by atoms with E-state index in [2.05, 4.69) is 13.8 Å². The van der Waals surface area contributed by atoms with Gasteiger partial charge in [0, 0.05) is 11.8 Å². The van der Waals surface area contributed by atoms with E-state index < -0.39 is 0 Å². The van der Waals surface area contributed by atoms with Crippen molar-refractivity contribution in [1.29, 1.82) is 0 Å². The van der Waals surface area contributed by atoms with Gasteiger partial charge >= 0.3 is 0 Å². The van der Waals surface area contributed by atoms with Crippen molar-refractivity contribution in [1.82, 2.24) is 0 Å². The zero-order valence-electron chi connectivity index (χ0n) is 13.2. The minimum absolute atomic E-state index is 0.198. The molecule has 0 aromatic carbocycles. The molecule has 0 bridgehead atoms. The lowest BCUT2D eigenvalue weighted by atomic mass is 9.84. The van der Waals surface area contributed by atoms with Gasteiger partial charge in [0.1, 0.15) is 0 Å². The molecule has 0 radical (unpaired) electrons. The van der Waals surface area contributed by atoms with Crippen LogP contribution in [0.25, 0.3) is 0 Å². The molecule has 0 saturated heterocycles. The Hall–Kier alpha value is 0.580. The standard InChI is InChI=1S/C17H34Cl2/c1-3-5-6-7-8-9-10-11-12-13-14-17(4-2,15-18)16-19/h3-16H2,1-2H3. The highest BCUT2D eigenvalue weighted by Crippen LogP contribution is 2.32. The molecule has 0 aliphatic rings. The molecule has 0 heterocycles. The topological polar surface area (TPSA) is 0 Å². The summed E-state index contributed by atoms with van der Waals surface area (Å²) in [5, 5.41) is 0. The fraction of sp³-hybridized carbons (Fsp3) is 1.00. The van der Waals surface area contributed by atoms with E-state index in [0.29, 0.717) is 11.8 Å². The van der Waals surface area contributed by atoms with Crippen molar-refractivity contribution in [3.63, 3.8) is 0 Å². The molecule has 0 atom stereocenters. The smallest absolute Gasteiger partial charge is 0.0291 e. The third kappa shape index (κ3) is 10.0. The van der Waals surface area contributed by atoms with E-state index >= 15 is 0 Å². The molecule has 0 unspecified atom stereocenters. The summed E-state index contributed by atoms with van der Waals surface area (Å²) in [6, 6.07) is 0. The van der Waals surface area contributed by atoms with Gasteiger partial charge in [0.15, 0.2) is 0 Å². The van der Waals surface area contributed by atoms with Crippen LogP contribution in [0.5, 0.6) is 0 Å². The van der Waals surface area contributed by atoms with Crippen LogP contribution in [0.4, 0.5) is 0 Å². The SMILES string of the molecule is CCCCCCCCCCCCC(CC)(CCl)CCl. The second-order valence-corrected chi connectivity index (χ2v) is 6.59. The molecule has 0 saturated carbocycles. The maximum atomic E-state index is 6.06. The summed E-state index contributed by atoms with van der Waals surface area (Å²) < 4.78 is 0. The van der Waals surface area contributed by atoms with Gasteiger partial charge in [0.05, 0.1) is 0 Å². The van der Waals surface area contributed by atoms with Crippen LogP contribution in [0.15, 0.2) is 0 Å². The minimum atomic E-state index is 0.198. The van der Waals surface area contributed by atoms with Gasteiger partial charge in [-0.05, 0) is 18.3 Å². The zero-order chi connectivity index (χ0) is 14.4. The highest BCUT2D eigenvalue weighted by molar-refractivity contribution is 6.21. The third-order valence-electron chi connectivity index (χ3n) is 4.38. The summed E-state index contributed by atoms with van der Waals surface area (Å²) in [5.41, 5.74) is 0.198. The Morgan fingerprint density at radius 1 is 0.632 bits per heavy atom. The first-order valence-corrected chi connectivity index (χ1v) is 9.43. The summed E-state index contributed by atoms with van der Waals surface area (Å²) in [6.45, 7) is 4.49. The molecule has 0 spiro atoms. The average Bonchev–Trinajstić information content (AvgIpc) is 2.46. The fourth-order valence-corrected chi connectivity index (χ4v) is 3.45. The molecule has 19 heavy (non-hydrogen) atoms. The first kappa shape index (κ1) is 19.6. The van der Waals surface area contributed by atoms with E-state index in [0.717, 1.165) is 6.42 Å². The second kappa shape index (κ2) is 13.6. The first-order chi connectivity index (χ1) is 9.24. The fourth-order valence-electron chi connectivity index (χ4n) is 2.52. The molecule has 0 N–H and O–H groups in total. The number of hydrogen-bond acceptors (Lipinski definition) is 0. The monoisotopic (exact) mass is 308 g/mol. The molecule has 0 nitrogen and oxygen atoms in total. The second-order valence-electron chi connectivity index (χ2n) is 6.05. The van der Waals surface area contributed by atoms with Crippen molar-refractivity contribution >= 4 is 23.2 Å². The predicted molar refractivity (Wildman–Crippen MR) is 90.6 cm³/mol. The zero-order valence-corrected chi connectivity index (χ0v) is 14.7. The van der Waals surface area contributed by atoms with Crippen molar-refractivity contribution in [2.24, 2.45) is 5.41 Å². The van der Waals surface area contributed by atoms with Crippen molar-refractivity contribution < 1.29 is 0 Å². The van der Waals surface area contributed by atoms with Crippen LogP contribution < -0.4 is 0 Å². The maximum Gasteiger partial charge on any atom is 0.0291 e. The molecular formula is C17H34Cl2. The van der Waals surface area contributed by atoms with Crippen LogP contribution in [0.2, 0.25) is 0 Å². The van der Waals surface area contributed by atoms with Gasteiger partial charge < -0.3 is 0 Å². The largest absolute Gasteiger partial charge is 0.126 e. The van der Waals surface area contributed by atoms with Gasteiger partial charge in [-0.15, -0.1) is 23.2 Å². The quantitative estimate of drug-likeness (QED) is 0.236. The van der Waals surface area contributed by atoms with Crippen molar-refractivity contribution in [2.45, 2.75) is 90.9 Å². The van der Waals surface area contributed by atoms with Crippen LogP contribution in [-0.2, 0) is 0 Å². The highest BCUT2D eigenvalue weighted by atomic mass is 35.5. The van der Waals surface area contributed by atoms with Gasteiger partial charge in [-0.1, -0.05) is 78.1 Å². The summed E-state index contributed by atoms with van der Waals surface area (Å²) >= 11 is 12.1. The number of alkyl halides is 2. The number of unbranched alkanes of at least 4 members (excludes halogenated alkanes) is 9. The van der Waals surface area contributed by atoms with E-state index in [9.17, 15) is 0 Å². The predicted octanol–water partition coefficient (Wildman–Crippen LogP) is 7.17. The van der Waals surface area contributed by atoms with Gasteiger partial charge in [0.25, 0.3) is 0 Å². The molecule has 116 valence electrons. The van der Waals surface area contributed by atoms with E-state index in [1.165, 1.54) is 70.6 Å². The Kier molecular flexibility index (Phi) is 14.0. The Balaban J connectivity index is 3.35. The summed E-state index contributed by atoms with van der Waals surface area (Å²) in [4.78, 5) is 0. The number of rotatable bonds is 14. The van der Waals surface area contributed by atoms with Crippen LogP contribution in [0.3, 0.4) is 0 Å². The Morgan fingerprint density at radius 2 is 1.05 bits per heavy atom. The van der Waals surface area contributed by atoms with Gasteiger partial charge in [-0.3, -0.25) is 0 Å². The van der Waals surface area contributed by atoms with E-state index in [4.69, 9.17) is 23.2 Å². The van der Waals surface area contributed by atoms with Crippen LogP contribution >= 0.6 is 23.2 Å². The number of hydrogen-bond donors (Lipinski definition) is 0. The molecule has 0 aromatic rings. The maximum absolute atomic E-state index is 6.06. The molecule has 0 amide bonds. The summed E-state index contributed by atoms with van der Waals surface area (Å²) in [5.74, 6) is 1.43.